The molecule has 3 fully saturated rings. The molecule has 3 aliphatic rings. The van der Waals surface area contributed by atoms with Gasteiger partial charge in [-0.3, -0.25) is 4.79 Å². The molecule has 0 aromatic carbocycles. The van der Waals surface area contributed by atoms with Crippen molar-refractivity contribution in [3.63, 3.8) is 0 Å². The molecule has 6 atom stereocenters. The number of ether oxygens (including phenoxy) is 6. The summed E-state index contributed by atoms with van der Waals surface area (Å²) in [6.45, 7) is 5.22. The van der Waals surface area contributed by atoms with Crippen LogP contribution in [0, 0.1) is 0 Å². The molecular weight excluding hydrogens is 362 g/mol. The van der Waals surface area contributed by atoms with E-state index in [0.717, 1.165) is 0 Å². The Balaban J connectivity index is 1.92. The highest BCUT2D eigenvalue weighted by Crippen LogP contribution is 2.48. The smallest absolute Gasteiger partial charge is 0.366 e. The van der Waals surface area contributed by atoms with Gasteiger partial charge in [-0.25, -0.2) is 4.79 Å². The minimum Gasteiger partial charge on any atom is -0.465 e. The number of aliphatic hydroxyl groups is 1. The summed E-state index contributed by atoms with van der Waals surface area (Å²) in [6, 6.07) is -0.703. The maximum atomic E-state index is 12.4. The zero-order valence-electron chi connectivity index (χ0n) is 16.1. The van der Waals surface area contributed by atoms with E-state index in [9.17, 15) is 14.7 Å². The predicted octanol–water partition coefficient (Wildman–Crippen LogP) is -0.923. The number of carbonyl (C=O) groups is 2. The third-order valence-corrected chi connectivity index (χ3v) is 5.20. The monoisotopic (exact) mass is 389 g/mol. The summed E-state index contributed by atoms with van der Waals surface area (Å²) in [5.74, 6) is -3.69. The fourth-order valence-corrected chi connectivity index (χ4v) is 3.78. The van der Waals surface area contributed by atoms with Crippen molar-refractivity contribution in [2.75, 3.05) is 27.4 Å². The average Bonchev–Trinajstić information content (AvgIpc) is 3.28. The SMILES string of the molecule is COC(=O)[C@]1(OC)C[C@]2(CO2)[C@@H](NC(C)=O)[C@H]([C@@H](O)[C@H]2COC(C)(C)O2)O1. The number of rotatable bonds is 5. The Kier molecular flexibility index (Phi) is 5.26. The zero-order chi connectivity index (χ0) is 20.0. The number of methoxy groups -OCH3 is 2. The van der Waals surface area contributed by atoms with Crippen molar-refractivity contribution in [2.45, 2.75) is 68.7 Å². The summed E-state index contributed by atoms with van der Waals surface area (Å²) < 4.78 is 33.0. The van der Waals surface area contributed by atoms with Crippen molar-refractivity contribution in [3.8, 4) is 0 Å². The molecule has 3 rings (SSSR count). The maximum Gasteiger partial charge on any atom is 0.366 e. The Hall–Kier alpha value is -1.30. The van der Waals surface area contributed by atoms with Gasteiger partial charge in [0, 0.05) is 20.5 Å². The van der Waals surface area contributed by atoms with E-state index in [0.29, 0.717) is 0 Å². The summed E-state index contributed by atoms with van der Waals surface area (Å²) in [6.07, 6.45) is -2.97. The van der Waals surface area contributed by atoms with Crippen LogP contribution in [0.25, 0.3) is 0 Å². The first kappa shape index (κ1) is 20.4. The van der Waals surface area contributed by atoms with Crippen molar-refractivity contribution >= 4 is 11.9 Å². The van der Waals surface area contributed by atoms with Gasteiger partial charge in [-0.2, -0.15) is 0 Å². The average molecular weight is 389 g/mol. The normalized spacial score (nSPS) is 41.2. The van der Waals surface area contributed by atoms with Crippen LogP contribution in [0.2, 0.25) is 0 Å². The third-order valence-electron chi connectivity index (χ3n) is 5.20. The first-order valence-electron chi connectivity index (χ1n) is 8.80. The summed E-state index contributed by atoms with van der Waals surface area (Å²) in [5, 5.41) is 13.8. The fraction of sp³-hybridized carbons (Fsp3) is 0.882. The number of hydrogen-bond donors (Lipinski definition) is 2. The lowest BCUT2D eigenvalue weighted by atomic mass is 9.82. The van der Waals surface area contributed by atoms with Crippen LogP contribution in [-0.4, -0.2) is 85.9 Å². The first-order valence-corrected chi connectivity index (χ1v) is 8.80. The Bertz CT molecular complexity index is 605. The molecular formula is C17H27NO9. The molecule has 1 spiro atoms. The second kappa shape index (κ2) is 6.94. The highest BCUT2D eigenvalue weighted by atomic mass is 16.8. The van der Waals surface area contributed by atoms with Gasteiger partial charge in [0.05, 0.1) is 26.4 Å². The molecule has 154 valence electrons. The Morgan fingerprint density at radius 2 is 1.89 bits per heavy atom. The van der Waals surface area contributed by atoms with Gasteiger partial charge in [0.2, 0.25) is 5.91 Å². The lowest BCUT2D eigenvalue weighted by Crippen LogP contribution is -2.69. The molecule has 0 unspecified atom stereocenters. The Morgan fingerprint density at radius 1 is 1.22 bits per heavy atom. The van der Waals surface area contributed by atoms with E-state index in [-0.39, 0.29) is 25.5 Å². The molecule has 27 heavy (non-hydrogen) atoms. The van der Waals surface area contributed by atoms with Crippen molar-refractivity contribution in [3.05, 3.63) is 0 Å². The number of amides is 1. The number of hydrogen-bond acceptors (Lipinski definition) is 9. The van der Waals surface area contributed by atoms with Gasteiger partial charge >= 0.3 is 5.97 Å². The molecule has 0 aromatic heterocycles. The molecule has 0 saturated carbocycles. The van der Waals surface area contributed by atoms with E-state index in [1.807, 2.05) is 0 Å². The lowest BCUT2D eigenvalue weighted by molar-refractivity contribution is -0.301. The van der Waals surface area contributed by atoms with Gasteiger partial charge in [0.25, 0.3) is 5.79 Å². The Labute approximate surface area is 157 Å². The summed E-state index contributed by atoms with van der Waals surface area (Å²) in [7, 11) is 2.53. The highest BCUT2D eigenvalue weighted by Gasteiger charge is 2.68. The van der Waals surface area contributed by atoms with Gasteiger partial charge in [0.1, 0.15) is 23.9 Å². The molecule has 3 heterocycles. The van der Waals surface area contributed by atoms with Crippen LogP contribution in [0.5, 0.6) is 0 Å². The molecule has 10 heteroatoms. The van der Waals surface area contributed by atoms with Crippen LogP contribution in [-0.2, 0) is 38.0 Å². The molecule has 0 aromatic rings. The standard InChI is InChI=1S/C17H27NO9/c1-9(19)18-13-12(11(20)10-6-24-15(2,3)26-10)27-17(23-5,14(21)22-4)7-16(13)8-25-16/h10-13,20H,6-8H2,1-5H3,(H,18,19)/t10-,11+,12+,13+,16+,17+/m1/s1. The molecule has 3 aliphatic heterocycles. The number of esters is 1. The van der Waals surface area contributed by atoms with Crippen molar-refractivity contribution in [1.82, 2.24) is 5.32 Å². The van der Waals surface area contributed by atoms with Crippen LogP contribution >= 0.6 is 0 Å². The topological polar surface area (TPSA) is 125 Å². The van der Waals surface area contributed by atoms with E-state index < -0.39 is 47.5 Å². The minimum atomic E-state index is -1.76. The second-order valence-corrected chi connectivity index (χ2v) is 7.60. The number of epoxide rings is 1. The van der Waals surface area contributed by atoms with Crippen LogP contribution in [0.4, 0.5) is 0 Å². The molecule has 2 N–H and O–H groups in total. The Morgan fingerprint density at radius 3 is 2.33 bits per heavy atom. The van der Waals surface area contributed by atoms with Crippen LogP contribution < -0.4 is 5.32 Å². The van der Waals surface area contributed by atoms with E-state index in [2.05, 4.69) is 5.32 Å². The molecule has 1 amide bonds. The predicted molar refractivity (Wildman–Crippen MR) is 88.4 cm³/mol. The van der Waals surface area contributed by atoms with Gasteiger partial charge in [0.15, 0.2) is 5.79 Å². The highest BCUT2D eigenvalue weighted by molar-refractivity contribution is 5.79. The van der Waals surface area contributed by atoms with Crippen LogP contribution in [0.1, 0.15) is 27.2 Å². The van der Waals surface area contributed by atoms with Crippen LogP contribution in [0.15, 0.2) is 0 Å². The van der Waals surface area contributed by atoms with Gasteiger partial charge in [-0.05, 0) is 13.8 Å². The molecule has 0 aliphatic carbocycles. The van der Waals surface area contributed by atoms with Gasteiger partial charge < -0.3 is 38.8 Å². The van der Waals surface area contributed by atoms with Gasteiger partial charge in [-0.15, -0.1) is 0 Å². The fourth-order valence-electron chi connectivity index (χ4n) is 3.78. The number of aliphatic hydroxyl groups excluding tert-OH is 1. The largest absolute Gasteiger partial charge is 0.465 e. The van der Waals surface area contributed by atoms with Crippen molar-refractivity contribution in [1.29, 1.82) is 0 Å². The quantitative estimate of drug-likeness (QED) is 0.453. The van der Waals surface area contributed by atoms with Gasteiger partial charge in [-0.1, -0.05) is 0 Å². The van der Waals surface area contributed by atoms with E-state index in [1.165, 1.54) is 21.1 Å². The van der Waals surface area contributed by atoms with E-state index >= 15 is 0 Å². The summed E-state index contributed by atoms with van der Waals surface area (Å²) >= 11 is 0. The molecule has 10 nitrogen and oxygen atoms in total. The molecule has 3 saturated heterocycles. The minimum absolute atomic E-state index is 0.0187. The lowest BCUT2D eigenvalue weighted by Gasteiger charge is -2.47. The third kappa shape index (κ3) is 3.69. The first-order chi connectivity index (χ1) is 12.6. The van der Waals surface area contributed by atoms with Crippen molar-refractivity contribution < 1.29 is 43.1 Å². The summed E-state index contributed by atoms with van der Waals surface area (Å²) in [4.78, 5) is 24.2. The zero-order valence-corrected chi connectivity index (χ0v) is 16.1. The maximum absolute atomic E-state index is 12.4. The summed E-state index contributed by atoms with van der Waals surface area (Å²) in [5.41, 5.74) is -0.908. The second-order valence-electron chi connectivity index (χ2n) is 7.60. The van der Waals surface area contributed by atoms with E-state index in [4.69, 9.17) is 28.4 Å². The number of carbonyl (C=O) groups excluding carboxylic acids is 2. The van der Waals surface area contributed by atoms with Crippen molar-refractivity contribution in [2.24, 2.45) is 0 Å². The number of nitrogens with one attached hydrogen (secondary N) is 1. The van der Waals surface area contributed by atoms with E-state index in [1.54, 1.807) is 13.8 Å². The van der Waals surface area contributed by atoms with Crippen LogP contribution in [0.3, 0.4) is 0 Å². The molecule has 0 radical (unpaired) electrons. The molecule has 0 bridgehead atoms.